The largest absolute Gasteiger partial charge is 0.506 e. The van der Waals surface area contributed by atoms with E-state index in [0.717, 1.165) is 30.3 Å². The van der Waals surface area contributed by atoms with Crippen LogP contribution in [0.3, 0.4) is 0 Å². The Morgan fingerprint density at radius 3 is 2.14 bits per heavy atom. The van der Waals surface area contributed by atoms with Crippen molar-refractivity contribution >= 4 is 15.7 Å². The third kappa shape index (κ3) is 3.13. The number of anilines is 1. The smallest absolute Gasteiger partial charge is 0.262 e. The molecular weight excluding hydrogens is 300 g/mol. The van der Waals surface area contributed by atoms with Crippen molar-refractivity contribution in [3.05, 3.63) is 53.1 Å². The number of benzene rings is 2. The molecule has 0 amide bonds. The van der Waals surface area contributed by atoms with E-state index in [1.165, 1.54) is 13.8 Å². The van der Waals surface area contributed by atoms with Crippen molar-refractivity contribution < 1.29 is 22.3 Å². The normalized spacial score (nSPS) is 11.4. The summed E-state index contributed by atoms with van der Waals surface area (Å²) < 4.78 is 53.2. The number of sulfonamides is 1. The van der Waals surface area contributed by atoms with Gasteiger partial charge in [0.15, 0.2) is 0 Å². The Morgan fingerprint density at radius 1 is 1.00 bits per heavy atom. The lowest BCUT2D eigenvalue weighted by Crippen LogP contribution is -2.16. The Kier molecular flexibility index (Phi) is 3.87. The maximum Gasteiger partial charge on any atom is 0.262 e. The highest BCUT2D eigenvalue weighted by Gasteiger charge is 2.22. The molecule has 0 bridgehead atoms. The number of aryl methyl sites for hydroxylation is 2. The van der Waals surface area contributed by atoms with Gasteiger partial charge in [-0.15, -0.1) is 0 Å². The fourth-order valence-corrected chi connectivity index (χ4v) is 3.63. The van der Waals surface area contributed by atoms with E-state index < -0.39 is 27.4 Å². The summed E-state index contributed by atoms with van der Waals surface area (Å²) in [5.41, 5.74) is 0.157. The summed E-state index contributed by atoms with van der Waals surface area (Å²) in [6.07, 6.45) is 0. The number of hydrogen-bond donors (Lipinski definition) is 2. The van der Waals surface area contributed by atoms with Crippen LogP contribution in [-0.2, 0) is 10.0 Å². The standard InChI is InChI=1S/C14H13F2NO3S/c1-8-5-11(16)6-9(2)14(8)21(19,20)17-12-7-10(15)3-4-13(12)18/h3-7,17-18H,1-2H3. The second-order valence-corrected chi connectivity index (χ2v) is 6.25. The van der Waals surface area contributed by atoms with E-state index in [9.17, 15) is 22.3 Å². The van der Waals surface area contributed by atoms with Gasteiger partial charge in [-0.3, -0.25) is 4.72 Å². The van der Waals surface area contributed by atoms with Crippen LogP contribution in [-0.4, -0.2) is 13.5 Å². The molecule has 112 valence electrons. The fraction of sp³-hybridized carbons (Fsp3) is 0.143. The Morgan fingerprint density at radius 2 is 1.57 bits per heavy atom. The summed E-state index contributed by atoms with van der Waals surface area (Å²) in [4.78, 5) is -0.104. The van der Waals surface area contributed by atoms with Crippen molar-refractivity contribution in [3.8, 4) is 5.75 Å². The van der Waals surface area contributed by atoms with Gasteiger partial charge in [0.1, 0.15) is 17.4 Å². The molecule has 0 atom stereocenters. The second kappa shape index (κ2) is 5.33. The minimum absolute atomic E-state index is 0.104. The third-order valence-corrected chi connectivity index (χ3v) is 4.57. The predicted octanol–water partition coefficient (Wildman–Crippen LogP) is 3.09. The summed E-state index contributed by atoms with van der Waals surface area (Å²) in [5, 5.41) is 9.57. The molecule has 4 nitrogen and oxygen atoms in total. The first kappa shape index (κ1) is 15.2. The molecule has 0 fully saturated rings. The van der Waals surface area contributed by atoms with Crippen molar-refractivity contribution in [2.24, 2.45) is 0 Å². The van der Waals surface area contributed by atoms with E-state index in [2.05, 4.69) is 4.72 Å². The van der Waals surface area contributed by atoms with Crippen LogP contribution >= 0.6 is 0 Å². The summed E-state index contributed by atoms with van der Waals surface area (Å²) in [5.74, 6) is -1.65. The molecule has 2 aromatic rings. The molecule has 0 aliphatic carbocycles. The number of aromatic hydroxyl groups is 1. The molecule has 0 unspecified atom stereocenters. The first-order chi connectivity index (χ1) is 9.70. The average Bonchev–Trinajstić information content (AvgIpc) is 2.31. The predicted molar refractivity (Wildman–Crippen MR) is 74.7 cm³/mol. The molecular formula is C14H13F2NO3S. The molecule has 7 heteroatoms. The first-order valence-corrected chi connectivity index (χ1v) is 7.47. The first-order valence-electron chi connectivity index (χ1n) is 5.99. The number of rotatable bonds is 3. The Balaban J connectivity index is 2.51. The quantitative estimate of drug-likeness (QED) is 0.856. The summed E-state index contributed by atoms with van der Waals surface area (Å²) >= 11 is 0. The highest BCUT2D eigenvalue weighted by atomic mass is 32.2. The van der Waals surface area contributed by atoms with Crippen LogP contribution in [0.25, 0.3) is 0 Å². The summed E-state index contributed by atoms with van der Waals surface area (Å²) in [6.45, 7) is 2.91. The Bertz CT molecular complexity index is 781. The van der Waals surface area contributed by atoms with E-state index in [1.54, 1.807) is 0 Å². The zero-order valence-corrected chi connectivity index (χ0v) is 12.1. The van der Waals surface area contributed by atoms with E-state index in [4.69, 9.17) is 0 Å². The number of phenolic OH excluding ortho intramolecular Hbond substituents is 1. The van der Waals surface area contributed by atoms with Gasteiger partial charge < -0.3 is 5.11 Å². The number of phenols is 1. The lowest BCUT2D eigenvalue weighted by atomic mass is 10.1. The molecule has 21 heavy (non-hydrogen) atoms. The molecule has 0 heterocycles. The monoisotopic (exact) mass is 313 g/mol. The topological polar surface area (TPSA) is 66.4 Å². The molecule has 0 radical (unpaired) electrons. The second-order valence-electron chi connectivity index (χ2n) is 4.64. The van der Waals surface area contributed by atoms with Crippen molar-refractivity contribution in [2.45, 2.75) is 18.7 Å². The van der Waals surface area contributed by atoms with Crippen LogP contribution in [0.15, 0.2) is 35.2 Å². The van der Waals surface area contributed by atoms with Crippen LogP contribution in [0.2, 0.25) is 0 Å². The minimum Gasteiger partial charge on any atom is -0.506 e. The van der Waals surface area contributed by atoms with E-state index in [-0.39, 0.29) is 21.7 Å². The zero-order valence-electron chi connectivity index (χ0n) is 11.3. The molecule has 2 rings (SSSR count). The van der Waals surface area contributed by atoms with Gasteiger partial charge in [-0.25, -0.2) is 17.2 Å². The summed E-state index contributed by atoms with van der Waals surface area (Å²) in [6, 6.07) is 5.08. The molecule has 2 aromatic carbocycles. The average molecular weight is 313 g/mol. The minimum atomic E-state index is -4.07. The highest BCUT2D eigenvalue weighted by molar-refractivity contribution is 7.92. The van der Waals surface area contributed by atoms with Crippen LogP contribution in [0.4, 0.5) is 14.5 Å². The lowest BCUT2D eigenvalue weighted by molar-refractivity contribution is 0.475. The maximum absolute atomic E-state index is 13.2. The van der Waals surface area contributed by atoms with Crippen LogP contribution in [0.5, 0.6) is 5.75 Å². The van der Waals surface area contributed by atoms with Gasteiger partial charge in [-0.1, -0.05) is 0 Å². The van der Waals surface area contributed by atoms with E-state index >= 15 is 0 Å². The number of halogens is 2. The van der Waals surface area contributed by atoms with Gasteiger partial charge in [0.2, 0.25) is 0 Å². The Hall–Kier alpha value is -2.15. The van der Waals surface area contributed by atoms with Gasteiger partial charge in [0.25, 0.3) is 10.0 Å². The van der Waals surface area contributed by atoms with Crippen LogP contribution < -0.4 is 4.72 Å². The number of hydrogen-bond acceptors (Lipinski definition) is 3. The highest BCUT2D eigenvalue weighted by Crippen LogP contribution is 2.29. The van der Waals surface area contributed by atoms with Gasteiger partial charge in [0, 0.05) is 6.07 Å². The maximum atomic E-state index is 13.2. The van der Waals surface area contributed by atoms with Crippen molar-refractivity contribution in [2.75, 3.05) is 4.72 Å². The number of nitrogens with one attached hydrogen (secondary N) is 1. The molecule has 0 aromatic heterocycles. The Labute approximate surface area is 121 Å². The van der Waals surface area contributed by atoms with Gasteiger partial charge in [0.05, 0.1) is 10.6 Å². The molecule has 0 saturated carbocycles. The fourth-order valence-electron chi connectivity index (χ4n) is 2.11. The van der Waals surface area contributed by atoms with Crippen molar-refractivity contribution in [3.63, 3.8) is 0 Å². The molecule has 0 aliphatic rings. The van der Waals surface area contributed by atoms with Crippen molar-refractivity contribution in [1.82, 2.24) is 0 Å². The van der Waals surface area contributed by atoms with Crippen LogP contribution in [0.1, 0.15) is 11.1 Å². The third-order valence-electron chi connectivity index (χ3n) is 2.90. The van der Waals surface area contributed by atoms with E-state index in [0.29, 0.717) is 0 Å². The van der Waals surface area contributed by atoms with Crippen molar-refractivity contribution in [1.29, 1.82) is 0 Å². The van der Waals surface area contributed by atoms with Gasteiger partial charge in [-0.05, 0) is 49.2 Å². The van der Waals surface area contributed by atoms with Gasteiger partial charge in [-0.2, -0.15) is 0 Å². The molecule has 2 N–H and O–H groups in total. The SMILES string of the molecule is Cc1cc(F)cc(C)c1S(=O)(=O)Nc1cc(F)ccc1O. The van der Waals surface area contributed by atoms with Gasteiger partial charge >= 0.3 is 0 Å². The van der Waals surface area contributed by atoms with E-state index in [1.807, 2.05) is 0 Å². The molecule has 0 saturated heterocycles. The molecule has 0 spiro atoms. The molecule has 0 aliphatic heterocycles. The lowest BCUT2D eigenvalue weighted by Gasteiger charge is -2.14. The summed E-state index contributed by atoms with van der Waals surface area (Å²) in [7, 11) is -4.07. The zero-order chi connectivity index (χ0) is 15.8. The van der Waals surface area contributed by atoms with Crippen LogP contribution in [0, 0.1) is 25.5 Å².